The second-order valence-electron chi connectivity index (χ2n) is 3.47. The molecule has 0 aromatic rings. The van der Waals surface area contributed by atoms with Crippen LogP contribution in [0.4, 0.5) is 9.59 Å². The smallest absolute Gasteiger partial charge is 0.449 e. The number of rotatable bonds is 7. The third-order valence-corrected chi connectivity index (χ3v) is 1.86. The van der Waals surface area contributed by atoms with Gasteiger partial charge in [0.2, 0.25) is 0 Å². The van der Waals surface area contributed by atoms with Crippen molar-refractivity contribution in [3.63, 3.8) is 0 Å². The van der Waals surface area contributed by atoms with Gasteiger partial charge in [0.1, 0.15) is 6.10 Å². The van der Waals surface area contributed by atoms with Gasteiger partial charge in [0.15, 0.2) is 5.34 Å². The number of ether oxygens (including phenoxy) is 1. The summed E-state index contributed by atoms with van der Waals surface area (Å²) in [5.74, 6) is 0. The van der Waals surface area contributed by atoms with Crippen molar-refractivity contribution in [2.24, 2.45) is 5.34 Å². The van der Waals surface area contributed by atoms with Crippen molar-refractivity contribution in [1.82, 2.24) is 0 Å². The highest BCUT2D eigenvalue weighted by Gasteiger charge is 2.01. The first-order chi connectivity index (χ1) is 8.43. The molecule has 0 aliphatic heterocycles. The number of carbonyl (C=O) groups is 2. The highest BCUT2D eigenvalue weighted by molar-refractivity contribution is 5.74. The van der Waals surface area contributed by atoms with E-state index in [1.54, 1.807) is 0 Å². The average Bonchev–Trinajstić information content (AvgIpc) is 2.24. The third-order valence-electron chi connectivity index (χ3n) is 1.86. The Balaban J connectivity index is 0. The fraction of sp³-hybridized carbons (Fsp3) is 0.800. The van der Waals surface area contributed by atoms with E-state index in [1.165, 1.54) is 19.3 Å². The summed E-state index contributed by atoms with van der Waals surface area (Å²) in [4.78, 5) is 32.5. The molecule has 0 bridgehead atoms. The summed E-state index contributed by atoms with van der Waals surface area (Å²) in [5, 5.41) is 17.3. The van der Waals surface area contributed by atoms with Crippen LogP contribution in [0.25, 0.3) is 0 Å². The zero-order valence-electron chi connectivity index (χ0n) is 10.5. The van der Waals surface area contributed by atoms with Crippen LogP contribution in [-0.2, 0) is 9.57 Å². The van der Waals surface area contributed by atoms with Gasteiger partial charge in [0.25, 0.3) is 0 Å². The number of unbranched alkanes of at least 4 members (excludes halogenated alkanes) is 3. The van der Waals surface area contributed by atoms with Crippen molar-refractivity contribution < 1.29 is 29.4 Å². The molecule has 18 heavy (non-hydrogen) atoms. The molecule has 1 unspecified atom stereocenters. The molecule has 1 atom stereocenters. The molecule has 0 aliphatic rings. The summed E-state index contributed by atoms with van der Waals surface area (Å²) < 4.78 is 3.08. The second kappa shape index (κ2) is 13.2. The van der Waals surface area contributed by atoms with Crippen molar-refractivity contribution in [2.75, 3.05) is 0 Å². The maximum atomic E-state index is 9.63. The fourth-order valence-corrected chi connectivity index (χ4v) is 1.06. The molecule has 0 amide bonds. The van der Waals surface area contributed by atoms with Gasteiger partial charge in [-0.25, -0.2) is 9.59 Å². The van der Waals surface area contributed by atoms with Crippen molar-refractivity contribution in [3.05, 3.63) is 4.91 Å². The largest absolute Gasteiger partial charge is 0.516 e. The second-order valence-corrected chi connectivity index (χ2v) is 3.47. The first-order valence-corrected chi connectivity index (χ1v) is 5.56. The van der Waals surface area contributed by atoms with Gasteiger partial charge >= 0.3 is 12.3 Å². The van der Waals surface area contributed by atoms with Crippen LogP contribution < -0.4 is 0 Å². The molecule has 0 heterocycles. The van der Waals surface area contributed by atoms with Gasteiger partial charge in [0.05, 0.1) is 0 Å². The molecule has 8 heteroatoms. The quantitative estimate of drug-likeness (QED) is 0.238. The minimum atomic E-state index is -1.81. The molecule has 2 N–H and O–H groups in total. The summed E-state index contributed by atoms with van der Waals surface area (Å²) >= 11 is 0. The first-order valence-electron chi connectivity index (χ1n) is 5.56. The zero-order chi connectivity index (χ0) is 14.4. The molecular formula is C10H19NO7. The van der Waals surface area contributed by atoms with Crippen LogP contribution in [0, 0.1) is 4.91 Å². The van der Waals surface area contributed by atoms with Crippen LogP contribution in [0.15, 0.2) is 5.34 Å². The minimum absolute atomic E-state index is 0.00986. The molecule has 0 saturated carbocycles. The van der Waals surface area contributed by atoms with E-state index in [9.17, 15) is 14.5 Å². The highest BCUT2D eigenvalue weighted by atomic mass is 16.7. The third kappa shape index (κ3) is 19.7. The highest BCUT2D eigenvalue weighted by Crippen LogP contribution is 2.07. The lowest BCUT2D eigenvalue weighted by Gasteiger charge is -2.05. The van der Waals surface area contributed by atoms with Crippen molar-refractivity contribution in [2.45, 2.75) is 52.1 Å². The molecule has 0 aromatic carbocycles. The number of hydrogen-bond donors (Lipinski definition) is 2. The maximum absolute atomic E-state index is 9.63. The standard InChI is InChI=1S/C8H17NO2.C2H2O5/c1-3-4-5-6-7-8(2)11-9-10;3-1(4)7-2(5)6/h8H,3-7H2,1-2H3;(H,3,4)(H,5,6). The predicted molar refractivity (Wildman–Crippen MR) is 62.2 cm³/mol. The van der Waals surface area contributed by atoms with E-state index in [2.05, 4.69) is 21.8 Å². The van der Waals surface area contributed by atoms with Crippen LogP contribution in [0.1, 0.15) is 46.0 Å². The minimum Gasteiger partial charge on any atom is -0.449 e. The Kier molecular flexibility index (Phi) is 13.6. The Labute approximate surface area is 105 Å². The molecule has 106 valence electrons. The molecule has 0 radical (unpaired) electrons. The molecular weight excluding hydrogens is 246 g/mol. The van der Waals surface area contributed by atoms with Crippen molar-refractivity contribution in [3.8, 4) is 0 Å². The molecule has 0 rings (SSSR count). The fourth-order valence-electron chi connectivity index (χ4n) is 1.06. The van der Waals surface area contributed by atoms with Crippen LogP contribution in [-0.4, -0.2) is 28.6 Å². The predicted octanol–water partition coefficient (Wildman–Crippen LogP) is 3.40. The van der Waals surface area contributed by atoms with Crippen LogP contribution in [0.5, 0.6) is 0 Å². The average molecular weight is 265 g/mol. The van der Waals surface area contributed by atoms with Crippen LogP contribution in [0.2, 0.25) is 0 Å². The lowest BCUT2D eigenvalue weighted by molar-refractivity contribution is 0.0607. The maximum Gasteiger partial charge on any atom is 0.516 e. The Bertz CT molecular complexity index is 232. The molecule has 0 fully saturated rings. The Morgan fingerprint density at radius 1 is 1.17 bits per heavy atom. The van der Waals surface area contributed by atoms with Crippen LogP contribution in [0.3, 0.4) is 0 Å². The number of hydrogen-bond acceptors (Lipinski definition) is 6. The van der Waals surface area contributed by atoms with Gasteiger partial charge in [-0.2, -0.15) is 0 Å². The molecule has 0 aliphatic carbocycles. The normalized spacial score (nSPS) is 10.6. The van der Waals surface area contributed by atoms with E-state index in [1.807, 2.05) is 6.92 Å². The summed E-state index contributed by atoms with van der Waals surface area (Å²) in [7, 11) is 0. The van der Waals surface area contributed by atoms with Gasteiger partial charge in [-0.15, -0.1) is 4.91 Å². The first kappa shape index (κ1) is 18.5. The SMILES string of the molecule is CCCCCCC(C)ON=O.O=C(O)OC(=O)O. The van der Waals surface area contributed by atoms with Gasteiger partial charge in [-0.3, -0.25) is 0 Å². The van der Waals surface area contributed by atoms with E-state index in [-0.39, 0.29) is 6.10 Å². The molecule has 0 saturated heterocycles. The molecule has 0 spiro atoms. The van der Waals surface area contributed by atoms with Gasteiger partial charge in [-0.05, 0) is 19.8 Å². The van der Waals surface area contributed by atoms with E-state index in [0.717, 1.165) is 12.8 Å². The number of carboxylic acid groups (broad SMARTS) is 2. The molecule has 0 aromatic heterocycles. The summed E-state index contributed by atoms with van der Waals surface area (Å²) in [6.07, 6.45) is 2.16. The number of nitrogens with zero attached hydrogens (tertiary/aromatic N) is 1. The lowest BCUT2D eigenvalue weighted by Crippen LogP contribution is -2.05. The lowest BCUT2D eigenvalue weighted by atomic mass is 10.1. The Morgan fingerprint density at radius 2 is 1.72 bits per heavy atom. The summed E-state index contributed by atoms with van der Waals surface area (Å²) in [5.41, 5.74) is 0. The Morgan fingerprint density at radius 3 is 2.06 bits per heavy atom. The topological polar surface area (TPSA) is 122 Å². The van der Waals surface area contributed by atoms with Crippen molar-refractivity contribution in [1.29, 1.82) is 0 Å². The summed E-state index contributed by atoms with van der Waals surface area (Å²) in [6.45, 7) is 4.04. The van der Waals surface area contributed by atoms with Gasteiger partial charge in [0, 0.05) is 0 Å². The monoisotopic (exact) mass is 265 g/mol. The zero-order valence-corrected chi connectivity index (χ0v) is 10.5. The van der Waals surface area contributed by atoms with Crippen molar-refractivity contribution >= 4 is 12.3 Å². The van der Waals surface area contributed by atoms with E-state index < -0.39 is 12.3 Å². The van der Waals surface area contributed by atoms with E-state index in [0.29, 0.717) is 0 Å². The van der Waals surface area contributed by atoms with Crippen LogP contribution >= 0.6 is 0 Å². The van der Waals surface area contributed by atoms with E-state index in [4.69, 9.17) is 10.2 Å². The van der Waals surface area contributed by atoms with Gasteiger partial charge < -0.3 is 19.8 Å². The molecule has 8 nitrogen and oxygen atoms in total. The Hall–Kier alpha value is -1.86. The summed E-state index contributed by atoms with van der Waals surface area (Å²) in [6, 6.07) is 0. The van der Waals surface area contributed by atoms with Gasteiger partial charge in [-0.1, -0.05) is 26.2 Å². The van der Waals surface area contributed by atoms with E-state index >= 15 is 0 Å².